The van der Waals surface area contributed by atoms with Gasteiger partial charge in [0.2, 0.25) is 0 Å². The lowest BCUT2D eigenvalue weighted by molar-refractivity contribution is 0.0397. The molecule has 1 amide bonds. The van der Waals surface area contributed by atoms with E-state index in [1.165, 1.54) is 0 Å². The predicted molar refractivity (Wildman–Crippen MR) is 91.1 cm³/mol. The molecule has 2 heterocycles. The van der Waals surface area contributed by atoms with Crippen LogP contribution < -0.4 is 5.73 Å². The molecule has 1 aliphatic heterocycles. The lowest BCUT2D eigenvalue weighted by Gasteiger charge is -2.42. The molecule has 6 heteroatoms. The molecule has 0 saturated carbocycles. The van der Waals surface area contributed by atoms with E-state index in [9.17, 15) is 4.79 Å². The van der Waals surface area contributed by atoms with Crippen LogP contribution in [0.3, 0.4) is 0 Å². The smallest absolute Gasteiger partial charge is 0.276 e. The van der Waals surface area contributed by atoms with Crippen LogP contribution >= 0.6 is 0 Å². The van der Waals surface area contributed by atoms with Crippen molar-refractivity contribution in [1.82, 2.24) is 20.0 Å². The zero-order valence-electron chi connectivity index (χ0n) is 13.9. The number of anilines is 1. The summed E-state index contributed by atoms with van der Waals surface area (Å²) in [4.78, 5) is 17.2. The molecule has 1 aromatic heterocycles. The Labute approximate surface area is 136 Å². The molecule has 23 heavy (non-hydrogen) atoms. The summed E-state index contributed by atoms with van der Waals surface area (Å²) in [6, 6.07) is 7.66. The van der Waals surface area contributed by atoms with Crippen LogP contribution in [-0.2, 0) is 0 Å². The minimum atomic E-state index is -0.118. The van der Waals surface area contributed by atoms with Crippen LogP contribution in [0.25, 0.3) is 10.9 Å². The average molecular weight is 313 g/mol. The molecule has 1 fully saturated rings. The molecule has 122 valence electrons. The molecular weight excluding hydrogens is 290 g/mol. The quantitative estimate of drug-likeness (QED) is 0.912. The van der Waals surface area contributed by atoms with Gasteiger partial charge in [0, 0.05) is 31.1 Å². The van der Waals surface area contributed by atoms with E-state index in [0.717, 1.165) is 18.5 Å². The molecule has 0 aliphatic carbocycles. The van der Waals surface area contributed by atoms with Crippen LogP contribution in [0.1, 0.15) is 24.3 Å². The second-order valence-corrected chi connectivity index (χ2v) is 6.55. The maximum Gasteiger partial charge on any atom is 0.276 e. The Balaban J connectivity index is 1.97. The maximum atomic E-state index is 13.0. The number of benzene rings is 1. The summed E-state index contributed by atoms with van der Waals surface area (Å²) in [7, 11) is 2.08. The summed E-state index contributed by atoms with van der Waals surface area (Å²) in [5, 5.41) is 9.05. The van der Waals surface area contributed by atoms with Crippen molar-refractivity contribution in [2.24, 2.45) is 5.92 Å². The largest absolute Gasteiger partial charge is 0.396 e. The fourth-order valence-electron chi connectivity index (χ4n) is 3.14. The van der Waals surface area contributed by atoms with E-state index in [0.29, 0.717) is 23.7 Å². The number of nitrogens with two attached hydrogens (primary N) is 1. The number of nitrogen functional groups attached to an aromatic ring is 1. The van der Waals surface area contributed by atoms with E-state index >= 15 is 0 Å². The SMILES string of the molecule is CC(C)[C@H]1CN(C)CCN1C(=O)c1nnc2ccccc2c1N. The van der Waals surface area contributed by atoms with Gasteiger partial charge in [-0.1, -0.05) is 32.0 Å². The number of fused-ring (bicyclic) bond motifs is 1. The topological polar surface area (TPSA) is 75.3 Å². The van der Waals surface area contributed by atoms with Crippen molar-refractivity contribution in [3.63, 3.8) is 0 Å². The van der Waals surface area contributed by atoms with E-state index in [2.05, 4.69) is 36.0 Å². The Morgan fingerprint density at radius 3 is 2.74 bits per heavy atom. The van der Waals surface area contributed by atoms with Crippen LogP contribution in [0.5, 0.6) is 0 Å². The fraction of sp³-hybridized carbons (Fsp3) is 0.471. The van der Waals surface area contributed by atoms with Crippen molar-refractivity contribution in [2.45, 2.75) is 19.9 Å². The number of rotatable bonds is 2. The molecule has 0 spiro atoms. The lowest BCUT2D eigenvalue weighted by atomic mass is 9.99. The first-order chi connectivity index (χ1) is 11.0. The Bertz CT molecular complexity index is 730. The highest BCUT2D eigenvalue weighted by molar-refractivity contribution is 6.04. The summed E-state index contributed by atoms with van der Waals surface area (Å²) in [6.07, 6.45) is 0. The third kappa shape index (κ3) is 2.86. The first-order valence-corrected chi connectivity index (χ1v) is 7.99. The van der Waals surface area contributed by atoms with Crippen molar-refractivity contribution in [2.75, 3.05) is 32.4 Å². The summed E-state index contributed by atoms with van der Waals surface area (Å²) in [6.45, 7) is 6.69. The normalized spacial score (nSPS) is 19.5. The van der Waals surface area contributed by atoms with E-state index in [1.54, 1.807) is 0 Å². The number of nitrogens with zero attached hydrogens (tertiary/aromatic N) is 4. The Hall–Kier alpha value is -2.21. The second kappa shape index (κ2) is 6.12. The van der Waals surface area contributed by atoms with Gasteiger partial charge >= 0.3 is 0 Å². The number of aromatic nitrogens is 2. The van der Waals surface area contributed by atoms with Crippen LogP contribution in [0.2, 0.25) is 0 Å². The number of likely N-dealkylation sites (N-methyl/N-ethyl adjacent to an activating group) is 1. The number of carbonyl (C=O) groups excluding carboxylic acids is 1. The van der Waals surface area contributed by atoms with E-state index in [4.69, 9.17) is 5.73 Å². The van der Waals surface area contributed by atoms with Gasteiger partial charge in [0.1, 0.15) is 0 Å². The monoisotopic (exact) mass is 313 g/mol. The van der Waals surface area contributed by atoms with Gasteiger partial charge in [-0.15, -0.1) is 10.2 Å². The standard InChI is InChI=1S/C17H23N5O/c1-11(2)14-10-21(3)8-9-22(14)17(23)16-15(18)12-6-4-5-7-13(12)19-20-16/h4-7,11,14H,8-10H2,1-3H3,(H2,18,19)/t14-/m1/s1. The number of amides is 1. The van der Waals surface area contributed by atoms with Crippen LogP contribution in [0.4, 0.5) is 5.69 Å². The number of hydrogen-bond donors (Lipinski definition) is 1. The van der Waals surface area contributed by atoms with Crippen LogP contribution in [-0.4, -0.2) is 58.6 Å². The molecule has 3 rings (SSSR count). The third-order valence-electron chi connectivity index (χ3n) is 4.56. The maximum absolute atomic E-state index is 13.0. The Kier molecular flexibility index (Phi) is 4.17. The molecule has 1 atom stereocenters. The van der Waals surface area contributed by atoms with Gasteiger partial charge in [-0.2, -0.15) is 0 Å². The Morgan fingerprint density at radius 2 is 2.00 bits per heavy atom. The van der Waals surface area contributed by atoms with Crippen molar-refractivity contribution in [1.29, 1.82) is 0 Å². The second-order valence-electron chi connectivity index (χ2n) is 6.55. The lowest BCUT2D eigenvalue weighted by Crippen LogP contribution is -2.56. The average Bonchev–Trinajstić information content (AvgIpc) is 2.55. The number of piperazine rings is 1. The van der Waals surface area contributed by atoms with E-state index in [-0.39, 0.29) is 17.6 Å². The molecular formula is C17H23N5O. The third-order valence-corrected chi connectivity index (χ3v) is 4.56. The zero-order valence-corrected chi connectivity index (χ0v) is 13.9. The van der Waals surface area contributed by atoms with Gasteiger partial charge in [0.05, 0.1) is 11.2 Å². The summed E-state index contributed by atoms with van der Waals surface area (Å²) >= 11 is 0. The minimum absolute atomic E-state index is 0.118. The Morgan fingerprint density at radius 1 is 1.26 bits per heavy atom. The van der Waals surface area contributed by atoms with Crippen molar-refractivity contribution >= 4 is 22.5 Å². The van der Waals surface area contributed by atoms with Gasteiger partial charge in [-0.05, 0) is 19.0 Å². The molecule has 1 aliphatic rings. The molecule has 2 N–H and O–H groups in total. The number of carbonyl (C=O) groups is 1. The van der Waals surface area contributed by atoms with Gasteiger partial charge in [0.15, 0.2) is 5.69 Å². The molecule has 2 aromatic rings. The van der Waals surface area contributed by atoms with Gasteiger partial charge in [-0.25, -0.2) is 0 Å². The predicted octanol–water partition coefficient (Wildman–Crippen LogP) is 1.62. The van der Waals surface area contributed by atoms with Crippen LogP contribution in [0, 0.1) is 5.92 Å². The van der Waals surface area contributed by atoms with E-state index < -0.39 is 0 Å². The first-order valence-electron chi connectivity index (χ1n) is 7.99. The summed E-state index contributed by atoms with van der Waals surface area (Å²) in [5.74, 6) is 0.254. The van der Waals surface area contributed by atoms with Gasteiger partial charge in [0.25, 0.3) is 5.91 Å². The molecule has 0 unspecified atom stereocenters. The summed E-state index contributed by atoms with van der Waals surface area (Å²) < 4.78 is 0. The van der Waals surface area contributed by atoms with Crippen molar-refractivity contribution in [3.05, 3.63) is 30.0 Å². The van der Waals surface area contributed by atoms with Crippen LogP contribution in [0.15, 0.2) is 24.3 Å². The highest BCUT2D eigenvalue weighted by Crippen LogP contribution is 2.24. The first kappa shape index (κ1) is 15.7. The molecule has 1 aromatic carbocycles. The summed E-state index contributed by atoms with van der Waals surface area (Å²) in [5.41, 5.74) is 7.61. The number of hydrogen-bond acceptors (Lipinski definition) is 5. The van der Waals surface area contributed by atoms with E-state index in [1.807, 2.05) is 29.2 Å². The zero-order chi connectivity index (χ0) is 16.6. The van der Waals surface area contributed by atoms with Gasteiger partial charge < -0.3 is 15.5 Å². The molecule has 0 bridgehead atoms. The highest BCUT2D eigenvalue weighted by atomic mass is 16.2. The highest BCUT2D eigenvalue weighted by Gasteiger charge is 2.33. The van der Waals surface area contributed by atoms with Crippen molar-refractivity contribution < 1.29 is 4.79 Å². The molecule has 6 nitrogen and oxygen atoms in total. The fourth-order valence-corrected chi connectivity index (χ4v) is 3.14. The molecule has 1 saturated heterocycles. The van der Waals surface area contributed by atoms with Gasteiger partial charge in [-0.3, -0.25) is 4.79 Å². The minimum Gasteiger partial charge on any atom is -0.396 e. The van der Waals surface area contributed by atoms with Crippen molar-refractivity contribution in [3.8, 4) is 0 Å². The molecule has 0 radical (unpaired) electrons.